The zero-order valence-electron chi connectivity index (χ0n) is 19.0. The summed E-state index contributed by atoms with van der Waals surface area (Å²) in [5, 5.41) is 5.41. The van der Waals surface area contributed by atoms with E-state index in [1.165, 1.54) is 12.8 Å². The highest BCUT2D eigenvalue weighted by Crippen LogP contribution is 2.35. The van der Waals surface area contributed by atoms with Crippen molar-refractivity contribution in [3.63, 3.8) is 0 Å². The summed E-state index contributed by atoms with van der Waals surface area (Å²) in [6.45, 7) is 7.53. The van der Waals surface area contributed by atoms with E-state index in [2.05, 4.69) is 35.2 Å². The number of hydrogen-bond donors (Lipinski definition) is 1. The minimum Gasteiger partial charge on any atom is -0.351 e. The lowest BCUT2D eigenvalue weighted by Crippen LogP contribution is -2.65. The van der Waals surface area contributed by atoms with Crippen LogP contribution in [0.3, 0.4) is 0 Å². The average molecular weight is 462 g/mol. The lowest BCUT2D eigenvalue weighted by molar-refractivity contribution is -0.134. The Kier molecular flexibility index (Phi) is 7.01. The van der Waals surface area contributed by atoms with E-state index in [4.69, 9.17) is 0 Å². The maximum Gasteiger partial charge on any atom is 0.271 e. The molecule has 2 aliphatic rings. The molecular weight excluding hydrogens is 426 g/mol. The zero-order chi connectivity index (χ0) is 22.0. The number of thioether (sulfide) groups is 1. The van der Waals surface area contributed by atoms with Gasteiger partial charge in [0.25, 0.3) is 5.91 Å². The molecule has 3 unspecified atom stereocenters. The molecule has 0 radical (unpaired) electrons. The highest BCUT2D eigenvalue weighted by atomic mass is 32.2. The molecular formula is C24H35N3O2S2. The van der Waals surface area contributed by atoms with E-state index >= 15 is 0 Å². The molecule has 1 fully saturated rings. The first-order chi connectivity index (χ1) is 15.0. The predicted molar refractivity (Wildman–Crippen MR) is 131 cm³/mol. The molecule has 3 heterocycles. The highest BCUT2D eigenvalue weighted by molar-refractivity contribution is 7.99. The van der Waals surface area contributed by atoms with Gasteiger partial charge in [-0.3, -0.25) is 9.59 Å². The third kappa shape index (κ3) is 4.40. The molecule has 1 aliphatic heterocycles. The van der Waals surface area contributed by atoms with Crippen molar-refractivity contribution in [3.05, 3.63) is 23.2 Å². The fraction of sp³-hybridized carbons (Fsp3) is 0.667. The van der Waals surface area contributed by atoms with Crippen LogP contribution in [0.4, 0.5) is 0 Å². The second kappa shape index (κ2) is 9.57. The number of fused-ring (bicyclic) bond motifs is 3. The van der Waals surface area contributed by atoms with Gasteiger partial charge in [0.15, 0.2) is 0 Å². The fourth-order valence-corrected chi connectivity index (χ4v) is 6.70. The first kappa shape index (κ1) is 22.7. The Hall–Kier alpha value is -1.47. The van der Waals surface area contributed by atoms with E-state index in [9.17, 15) is 9.59 Å². The summed E-state index contributed by atoms with van der Waals surface area (Å²) in [5.41, 5.74) is 0.917. The second-order valence-corrected chi connectivity index (χ2v) is 11.5. The minimum absolute atomic E-state index is 0.00328. The molecule has 2 aromatic heterocycles. The van der Waals surface area contributed by atoms with E-state index in [-0.39, 0.29) is 17.9 Å². The molecule has 0 bridgehead atoms. The van der Waals surface area contributed by atoms with Crippen molar-refractivity contribution in [1.82, 2.24) is 14.8 Å². The van der Waals surface area contributed by atoms with Crippen molar-refractivity contribution in [2.45, 2.75) is 77.4 Å². The lowest BCUT2D eigenvalue weighted by atomic mass is 9.85. The molecule has 0 saturated heterocycles. The first-order valence-electron chi connectivity index (χ1n) is 11.7. The van der Waals surface area contributed by atoms with Crippen molar-refractivity contribution in [2.24, 2.45) is 5.92 Å². The van der Waals surface area contributed by atoms with Gasteiger partial charge in [-0.05, 0) is 67.5 Å². The van der Waals surface area contributed by atoms with Gasteiger partial charge < -0.3 is 14.8 Å². The molecule has 2 aromatic rings. The Morgan fingerprint density at radius 3 is 2.90 bits per heavy atom. The fourth-order valence-electron chi connectivity index (χ4n) is 5.05. The molecule has 1 saturated carbocycles. The normalized spacial score (nSPS) is 26.3. The largest absolute Gasteiger partial charge is 0.351 e. The summed E-state index contributed by atoms with van der Waals surface area (Å²) in [6.07, 6.45) is 6.68. The Morgan fingerprint density at radius 2 is 2.13 bits per heavy atom. The van der Waals surface area contributed by atoms with Gasteiger partial charge in [-0.25, -0.2) is 0 Å². The average Bonchev–Trinajstić information content (AvgIpc) is 3.34. The Balaban J connectivity index is 1.60. The molecule has 1 N–H and O–H groups in total. The zero-order valence-corrected chi connectivity index (χ0v) is 20.6. The lowest BCUT2D eigenvalue weighted by Gasteiger charge is -2.45. The number of nitrogens with one attached hydrogen (secondary N) is 1. The van der Waals surface area contributed by atoms with Gasteiger partial charge in [0.05, 0.1) is 16.8 Å². The van der Waals surface area contributed by atoms with Crippen LogP contribution in [0, 0.1) is 5.92 Å². The van der Waals surface area contributed by atoms with Crippen LogP contribution in [0.25, 0.3) is 10.2 Å². The van der Waals surface area contributed by atoms with E-state index in [0.29, 0.717) is 19.0 Å². The standard InChI is InChI=1S/C24H35N3O2S2/c1-4-12-30-13-7-11-27-22(28)20-15-21-19(10-14-31-21)26(20)16-24(27,3)23(29)25-18-9-6-5-8-17(18)2/h10,14-15,17-18H,4-9,11-13,16H2,1-3H3,(H,25,29). The number of hydrogen-bond acceptors (Lipinski definition) is 4. The summed E-state index contributed by atoms with van der Waals surface area (Å²) >= 11 is 3.58. The van der Waals surface area contributed by atoms with E-state index < -0.39 is 5.54 Å². The van der Waals surface area contributed by atoms with Gasteiger partial charge in [-0.2, -0.15) is 11.8 Å². The molecule has 170 valence electrons. The minimum atomic E-state index is -0.870. The molecule has 5 nitrogen and oxygen atoms in total. The van der Waals surface area contributed by atoms with Crippen molar-refractivity contribution >= 4 is 45.1 Å². The van der Waals surface area contributed by atoms with Crippen molar-refractivity contribution in [3.8, 4) is 0 Å². The smallest absolute Gasteiger partial charge is 0.271 e. The summed E-state index contributed by atoms with van der Waals surface area (Å²) in [4.78, 5) is 29.2. The number of rotatable bonds is 8. The first-order valence-corrected chi connectivity index (χ1v) is 13.8. The van der Waals surface area contributed by atoms with Gasteiger partial charge in [0.1, 0.15) is 11.2 Å². The summed E-state index contributed by atoms with van der Waals surface area (Å²) in [7, 11) is 0. The quantitative estimate of drug-likeness (QED) is 0.554. The van der Waals surface area contributed by atoms with E-state index in [0.717, 1.165) is 53.1 Å². The molecule has 2 amide bonds. The van der Waals surface area contributed by atoms with Crippen molar-refractivity contribution in [2.75, 3.05) is 18.1 Å². The van der Waals surface area contributed by atoms with Crippen LogP contribution in [-0.2, 0) is 11.3 Å². The van der Waals surface area contributed by atoms with Crippen LogP contribution in [0.5, 0.6) is 0 Å². The Labute approximate surface area is 193 Å². The Morgan fingerprint density at radius 1 is 1.32 bits per heavy atom. The third-order valence-electron chi connectivity index (χ3n) is 6.98. The van der Waals surface area contributed by atoms with Crippen molar-refractivity contribution < 1.29 is 9.59 Å². The molecule has 3 atom stereocenters. The van der Waals surface area contributed by atoms with Crippen molar-refractivity contribution in [1.29, 1.82) is 0 Å². The molecule has 0 spiro atoms. The van der Waals surface area contributed by atoms with Crippen LogP contribution >= 0.6 is 23.1 Å². The summed E-state index contributed by atoms with van der Waals surface area (Å²) in [5.74, 6) is 2.65. The third-order valence-corrected chi connectivity index (χ3v) is 9.11. The van der Waals surface area contributed by atoms with Gasteiger partial charge in [0.2, 0.25) is 5.91 Å². The van der Waals surface area contributed by atoms with Crippen LogP contribution in [-0.4, -0.2) is 50.9 Å². The van der Waals surface area contributed by atoms with Crippen LogP contribution in [0.2, 0.25) is 0 Å². The molecule has 0 aromatic carbocycles. The van der Waals surface area contributed by atoms with Crippen LogP contribution in [0.15, 0.2) is 17.5 Å². The number of nitrogens with zero attached hydrogens (tertiary/aromatic N) is 2. The van der Waals surface area contributed by atoms with Gasteiger partial charge >= 0.3 is 0 Å². The molecule has 31 heavy (non-hydrogen) atoms. The number of carbonyl (C=O) groups is 2. The highest BCUT2D eigenvalue weighted by Gasteiger charge is 2.48. The topological polar surface area (TPSA) is 54.3 Å². The second-order valence-electron chi connectivity index (χ2n) is 9.32. The van der Waals surface area contributed by atoms with Gasteiger partial charge in [-0.15, -0.1) is 11.3 Å². The number of carbonyl (C=O) groups excluding carboxylic acids is 2. The van der Waals surface area contributed by atoms with Crippen LogP contribution in [0.1, 0.15) is 69.8 Å². The monoisotopic (exact) mass is 461 g/mol. The van der Waals surface area contributed by atoms with E-state index in [1.54, 1.807) is 11.3 Å². The number of amides is 2. The summed E-state index contributed by atoms with van der Waals surface area (Å²) < 4.78 is 3.19. The van der Waals surface area contributed by atoms with Gasteiger partial charge in [-0.1, -0.05) is 26.7 Å². The maximum atomic E-state index is 13.7. The SMILES string of the molecule is CCCSCCCN1C(=O)c2cc3sccc3n2CC1(C)C(=O)NC1CCCCC1C. The number of aromatic nitrogens is 1. The molecule has 1 aliphatic carbocycles. The summed E-state index contributed by atoms with van der Waals surface area (Å²) in [6, 6.07) is 4.28. The van der Waals surface area contributed by atoms with Crippen LogP contribution < -0.4 is 5.32 Å². The van der Waals surface area contributed by atoms with E-state index in [1.807, 2.05) is 29.7 Å². The molecule has 4 rings (SSSR count). The number of thiophene rings is 1. The maximum absolute atomic E-state index is 13.7. The predicted octanol–water partition coefficient (Wildman–Crippen LogP) is 5.15. The Bertz CT molecular complexity index is 937. The molecule has 7 heteroatoms. The van der Waals surface area contributed by atoms with Gasteiger partial charge in [0, 0.05) is 12.6 Å².